The van der Waals surface area contributed by atoms with Crippen LogP contribution in [0.3, 0.4) is 0 Å². The molecule has 0 bridgehead atoms. The van der Waals surface area contributed by atoms with Crippen molar-refractivity contribution < 1.29 is 24.1 Å². The second-order valence-corrected chi connectivity index (χ2v) is 5.01. The van der Waals surface area contributed by atoms with E-state index in [9.17, 15) is 4.79 Å². The standard InChI is InChI=1S/C15H23ClN2O5.ClH/c1-2-22-13-8-11(9-18-3-5-21-6-4-19)7-12(16)15(13)23-10-14(17)20;/h7-8,18-19H,2-6,9-10H2,1H3,(H2,17,20);1H. The number of hydrogen-bond acceptors (Lipinski definition) is 6. The SMILES string of the molecule is CCOc1cc(CNCCOCCO)cc(Cl)c1OCC(N)=O.Cl. The molecule has 0 heterocycles. The number of nitrogens with two attached hydrogens (primary N) is 1. The van der Waals surface area contributed by atoms with Crippen LogP contribution in [0, 0.1) is 0 Å². The molecule has 4 N–H and O–H groups in total. The first-order valence-corrected chi connectivity index (χ1v) is 7.71. The second-order valence-electron chi connectivity index (χ2n) is 4.61. The summed E-state index contributed by atoms with van der Waals surface area (Å²) < 4.78 is 16.0. The number of amides is 1. The first kappa shape index (κ1) is 22.8. The molecule has 0 aliphatic carbocycles. The molecule has 0 unspecified atom stereocenters. The number of aliphatic hydroxyl groups excluding tert-OH is 1. The minimum absolute atomic E-state index is 0. The van der Waals surface area contributed by atoms with Gasteiger partial charge in [-0.25, -0.2) is 0 Å². The number of primary amides is 1. The highest BCUT2D eigenvalue weighted by Crippen LogP contribution is 2.36. The van der Waals surface area contributed by atoms with E-state index < -0.39 is 5.91 Å². The molecule has 0 aromatic heterocycles. The van der Waals surface area contributed by atoms with Crippen LogP contribution in [0.2, 0.25) is 5.02 Å². The monoisotopic (exact) mass is 382 g/mol. The third-order valence-corrected chi connectivity index (χ3v) is 3.00. The lowest BCUT2D eigenvalue weighted by Crippen LogP contribution is -2.21. The topological polar surface area (TPSA) is 103 Å². The fourth-order valence-corrected chi connectivity index (χ4v) is 2.10. The lowest BCUT2D eigenvalue weighted by Gasteiger charge is -2.15. The molecule has 0 atom stereocenters. The Morgan fingerprint density at radius 1 is 1.33 bits per heavy atom. The van der Waals surface area contributed by atoms with Crippen molar-refractivity contribution in [3.05, 3.63) is 22.7 Å². The molecule has 1 amide bonds. The number of nitrogens with one attached hydrogen (secondary N) is 1. The molecule has 9 heteroatoms. The summed E-state index contributed by atoms with van der Waals surface area (Å²) in [7, 11) is 0. The molecule has 1 rings (SSSR count). The van der Waals surface area contributed by atoms with Gasteiger partial charge in [0.2, 0.25) is 0 Å². The summed E-state index contributed by atoms with van der Waals surface area (Å²) in [6, 6.07) is 3.54. The third-order valence-electron chi connectivity index (χ3n) is 2.72. The number of carbonyl (C=O) groups is 1. The molecule has 0 aliphatic heterocycles. The molecule has 0 saturated heterocycles. The number of rotatable bonds is 12. The Balaban J connectivity index is 0.00000529. The zero-order valence-electron chi connectivity index (χ0n) is 13.5. The lowest BCUT2D eigenvalue weighted by atomic mass is 10.2. The molecule has 138 valence electrons. The minimum Gasteiger partial charge on any atom is -0.490 e. The highest BCUT2D eigenvalue weighted by molar-refractivity contribution is 6.32. The van der Waals surface area contributed by atoms with Crippen LogP contribution < -0.4 is 20.5 Å². The quantitative estimate of drug-likeness (QED) is 0.468. The maximum absolute atomic E-state index is 10.8. The summed E-state index contributed by atoms with van der Waals surface area (Å²) in [5.41, 5.74) is 5.98. The van der Waals surface area contributed by atoms with Crippen LogP contribution in [0.1, 0.15) is 12.5 Å². The van der Waals surface area contributed by atoms with Gasteiger partial charge in [-0.15, -0.1) is 12.4 Å². The highest BCUT2D eigenvalue weighted by Gasteiger charge is 2.13. The summed E-state index contributed by atoms with van der Waals surface area (Å²) in [5.74, 6) is 0.189. The summed E-state index contributed by atoms with van der Waals surface area (Å²) in [6.45, 7) is 4.07. The van der Waals surface area contributed by atoms with Crippen LogP contribution in [-0.4, -0.2) is 50.6 Å². The molecule has 0 aliphatic rings. The van der Waals surface area contributed by atoms with E-state index in [-0.39, 0.29) is 25.6 Å². The van der Waals surface area contributed by atoms with E-state index in [0.717, 1.165) is 5.56 Å². The molecular formula is C15H24Cl2N2O5. The van der Waals surface area contributed by atoms with Crippen molar-refractivity contribution in [2.45, 2.75) is 13.5 Å². The third kappa shape index (κ3) is 8.56. The molecule has 0 radical (unpaired) electrons. The first-order valence-electron chi connectivity index (χ1n) is 7.34. The summed E-state index contributed by atoms with van der Waals surface area (Å²) >= 11 is 6.20. The zero-order valence-corrected chi connectivity index (χ0v) is 15.1. The second kappa shape index (κ2) is 13.1. The van der Waals surface area contributed by atoms with Gasteiger partial charge in [0.15, 0.2) is 18.1 Å². The van der Waals surface area contributed by atoms with Crippen LogP contribution in [-0.2, 0) is 16.1 Å². The van der Waals surface area contributed by atoms with Crippen molar-refractivity contribution in [3.63, 3.8) is 0 Å². The van der Waals surface area contributed by atoms with E-state index in [1.807, 2.05) is 6.92 Å². The van der Waals surface area contributed by atoms with Crippen LogP contribution in [0.5, 0.6) is 11.5 Å². The van der Waals surface area contributed by atoms with Crippen LogP contribution in [0.25, 0.3) is 0 Å². The molecular weight excluding hydrogens is 359 g/mol. The maximum atomic E-state index is 10.8. The average molecular weight is 383 g/mol. The van der Waals surface area contributed by atoms with E-state index in [4.69, 9.17) is 36.7 Å². The zero-order chi connectivity index (χ0) is 17.1. The van der Waals surface area contributed by atoms with Gasteiger partial charge in [-0.2, -0.15) is 0 Å². The average Bonchev–Trinajstić information content (AvgIpc) is 2.50. The van der Waals surface area contributed by atoms with Gasteiger partial charge in [0.1, 0.15) is 0 Å². The highest BCUT2D eigenvalue weighted by atomic mass is 35.5. The van der Waals surface area contributed by atoms with Gasteiger partial charge in [-0.1, -0.05) is 11.6 Å². The lowest BCUT2D eigenvalue weighted by molar-refractivity contribution is -0.119. The van der Waals surface area contributed by atoms with Gasteiger partial charge >= 0.3 is 0 Å². The number of ether oxygens (including phenoxy) is 3. The molecule has 1 aromatic carbocycles. The van der Waals surface area contributed by atoms with E-state index in [2.05, 4.69) is 5.32 Å². The van der Waals surface area contributed by atoms with Gasteiger partial charge < -0.3 is 30.4 Å². The van der Waals surface area contributed by atoms with Crippen molar-refractivity contribution >= 4 is 29.9 Å². The Morgan fingerprint density at radius 2 is 2.08 bits per heavy atom. The smallest absolute Gasteiger partial charge is 0.255 e. The molecule has 0 saturated carbocycles. The maximum Gasteiger partial charge on any atom is 0.255 e. The molecule has 24 heavy (non-hydrogen) atoms. The number of halogens is 2. The van der Waals surface area contributed by atoms with Gasteiger partial charge in [-0.05, 0) is 24.6 Å². The summed E-state index contributed by atoms with van der Waals surface area (Å²) in [6.07, 6.45) is 0. The number of hydrogen-bond donors (Lipinski definition) is 3. The minimum atomic E-state index is -0.586. The van der Waals surface area contributed by atoms with Crippen molar-refractivity contribution in [2.75, 3.05) is 39.6 Å². The Bertz CT molecular complexity index is 503. The molecule has 0 spiro atoms. The fraction of sp³-hybridized carbons (Fsp3) is 0.533. The first-order chi connectivity index (χ1) is 11.1. The normalized spacial score (nSPS) is 10.1. The van der Waals surface area contributed by atoms with E-state index in [0.29, 0.717) is 49.4 Å². The van der Waals surface area contributed by atoms with E-state index in [1.54, 1.807) is 12.1 Å². The van der Waals surface area contributed by atoms with Crippen molar-refractivity contribution in [1.29, 1.82) is 0 Å². The molecule has 1 aromatic rings. The van der Waals surface area contributed by atoms with Crippen molar-refractivity contribution in [3.8, 4) is 11.5 Å². The Hall–Kier alpha value is -1.25. The Morgan fingerprint density at radius 3 is 2.71 bits per heavy atom. The number of carbonyl (C=O) groups excluding carboxylic acids is 1. The van der Waals surface area contributed by atoms with Crippen LogP contribution in [0.15, 0.2) is 12.1 Å². The fourth-order valence-electron chi connectivity index (χ4n) is 1.81. The Labute approximate surface area is 152 Å². The van der Waals surface area contributed by atoms with Crippen LogP contribution in [0.4, 0.5) is 0 Å². The predicted octanol–water partition coefficient (Wildman–Crippen LogP) is 1.12. The largest absolute Gasteiger partial charge is 0.490 e. The van der Waals surface area contributed by atoms with E-state index >= 15 is 0 Å². The van der Waals surface area contributed by atoms with Crippen molar-refractivity contribution in [1.82, 2.24) is 5.32 Å². The summed E-state index contributed by atoms with van der Waals surface area (Å²) in [5, 5.41) is 12.1. The Kier molecular flexibility index (Phi) is 12.4. The molecule has 0 fully saturated rings. The number of aliphatic hydroxyl groups is 1. The van der Waals surface area contributed by atoms with Crippen LogP contribution >= 0.6 is 24.0 Å². The van der Waals surface area contributed by atoms with E-state index in [1.165, 1.54) is 0 Å². The number of benzene rings is 1. The van der Waals surface area contributed by atoms with Gasteiger partial charge in [0.05, 0.1) is 31.5 Å². The van der Waals surface area contributed by atoms with Gasteiger partial charge in [-0.3, -0.25) is 4.79 Å². The summed E-state index contributed by atoms with van der Waals surface area (Å²) in [4.78, 5) is 10.8. The van der Waals surface area contributed by atoms with Gasteiger partial charge in [0, 0.05) is 13.1 Å². The van der Waals surface area contributed by atoms with Gasteiger partial charge in [0.25, 0.3) is 5.91 Å². The molecule has 7 nitrogen and oxygen atoms in total. The van der Waals surface area contributed by atoms with Crippen molar-refractivity contribution in [2.24, 2.45) is 5.73 Å². The predicted molar refractivity (Wildman–Crippen MR) is 94.2 cm³/mol.